The van der Waals surface area contributed by atoms with E-state index < -0.39 is 11.8 Å². The molecule has 158 valence electrons. The first-order valence-electron chi connectivity index (χ1n) is 9.61. The Morgan fingerprint density at radius 2 is 1.55 bits per heavy atom. The number of nitrogens with one attached hydrogen (secondary N) is 2. The average molecular weight is 436 g/mol. The van der Waals surface area contributed by atoms with Gasteiger partial charge in [-0.05, 0) is 35.0 Å². The minimum absolute atomic E-state index is 0.0599. The summed E-state index contributed by atoms with van der Waals surface area (Å²) < 4.78 is 0. The molecule has 0 radical (unpaired) electrons. The highest BCUT2D eigenvalue weighted by molar-refractivity contribution is 8.18. The monoisotopic (exact) mass is 435 g/mol. The molecule has 1 fully saturated rings. The first-order valence-corrected chi connectivity index (χ1v) is 10.4. The van der Waals surface area contributed by atoms with Crippen LogP contribution in [0.2, 0.25) is 0 Å². The summed E-state index contributed by atoms with van der Waals surface area (Å²) in [5.74, 6) is -1.18. The van der Waals surface area contributed by atoms with Crippen LogP contribution in [0.1, 0.15) is 11.1 Å². The number of imide groups is 1. The average Bonchev–Trinajstić information content (AvgIpc) is 3.05. The number of carbonyl (C=O) groups is 4. The number of thioether (sulfide) groups is 1. The van der Waals surface area contributed by atoms with Gasteiger partial charge in [-0.3, -0.25) is 24.1 Å². The Morgan fingerprint density at radius 1 is 0.903 bits per heavy atom. The van der Waals surface area contributed by atoms with Crippen molar-refractivity contribution in [1.29, 1.82) is 0 Å². The highest BCUT2D eigenvalue weighted by atomic mass is 32.2. The van der Waals surface area contributed by atoms with E-state index >= 15 is 0 Å². The van der Waals surface area contributed by atoms with Crippen molar-refractivity contribution in [2.24, 2.45) is 0 Å². The van der Waals surface area contributed by atoms with Crippen LogP contribution in [-0.2, 0) is 14.4 Å². The SMILES string of the molecule is O=C(/C=C/c1ccccc1)NCC(=O)NCCN1C(=O)S/C(=C/c2ccccc2)C1=O. The Hall–Kier alpha value is -3.65. The molecule has 3 rings (SSSR count). The lowest BCUT2D eigenvalue weighted by Gasteiger charge is -2.13. The molecule has 0 atom stereocenters. The number of carbonyl (C=O) groups excluding carboxylic acids is 4. The topological polar surface area (TPSA) is 95.6 Å². The number of amides is 4. The number of hydrogen-bond donors (Lipinski definition) is 2. The van der Waals surface area contributed by atoms with Gasteiger partial charge in [-0.2, -0.15) is 0 Å². The largest absolute Gasteiger partial charge is 0.353 e. The molecule has 0 aliphatic carbocycles. The van der Waals surface area contributed by atoms with Crippen molar-refractivity contribution < 1.29 is 19.2 Å². The van der Waals surface area contributed by atoms with Crippen LogP contribution in [0.4, 0.5) is 4.79 Å². The number of hydrogen-bond acceptors (Lipinski definition) is 5. The predicted molar refractivity (Wildman–Crippen MR) is 121 cm³/mol. The Labute approximate surface area is 184 Å². The lowest BCUT2D eigenvalue weighted by atomic mass is 10.2. The van der Waals surface area contributed by atoms with Crippen molar-refractivity contribution in [1.82, 2.24) is 15.5 Å². The van der Waals surface area contributed by atoms with Crippen molar-refractivity contribution in [2.75, 3.05) is 19.6 Å². The standard InChI is InChI=1S/C23H21N3O4S/c27-20(12-11-17-7-3-1-4-8-17)25-16-21(28)24-13-14-26-22(29)19(31-23(26)30)15-18-9-5-2-6-10-18/h1-12,15H,13-14,16H2,(H,24,28)(H,25,27)/b12-11+,19-15+. The van der Waals surface area contributed by atoms with Gasteiger partial charge in [0.25, 0.3) is 11.1 Å². The summed E-state index contributed by atoms with van der Waals surface area (Å²) in [6.45, 7) is -0.0383. The quantitative estimate of drug-likeness (QED) is 0.622. The van der Waals surface area contributed by atoms with Gasteiger partial charge in [0.05, 0.1) is 11.4 Å². The normalized spacial score (nSPS) is 15.0. The van der Waals surface area contributed by atoms with Gasteiger partial charge in [-0.25, -0.2) is 0 Å². The lowest BCUT2D eigenvalue weighted by molar-refractivity contribution is -0.125. The predicted octanol–water partition coefficient (Wildman–Crippen LogP) is 2.67. The number of nitrogens with zero attached hydrogens (tertiary/aromatic N) is 1. The molecule has 4 amide bonds. The maximum atomic E-state index is 12.4. The molecule has 31 heavy (non-hydrogen) atoms. The molecule has 2 aromatic rings. The van der Waals surface area contributed by atoms with Crippen LogP contribution in [0.5, 0.6) is 0 Å². The van der Waals surface area contributed by atoms with E-state index in [9.17, 15) is 19.2 Å². The van der Waals surface area contributed by atoms with E-state index in [4.69, 9.17) is 0 Å². The third-order valence-electron chi connectivity index (χ3n) is 4.28. The molecule has 0 spiro atoms. The molecular weight excluding hydrogens is 414 g/mol. The van der Waals surface area contributed by atoms with Crippen LogP contribution >= 0.6 is 11.8 Å². The van der Waals surface area contributed by atoms with Crippen molar-refractivity contribution in [3.8, 4) is 0 Å². The van der Waals surface area contributed by atoms with Crippen molar-refractivity contribution >= 4 is 46.9 Å². The molecule has 1 aliphatic heterocycles. The zero-order valence-corrected chi connectivity index (χ0v) is 17.4. The molecule has 0 unspecified atom stereocenters. The third-order valence-corrected chi connectivity index (χ3v) is 5.19. The van der Waals surface area contributed by atoms with Gasteiger partial charge < -0.3 is 10.6 Å². The molecule has 2 aromatic carbocycles. The minimum atomic E-state index is -0.409. The first-order chi connectivity index (χ1) is 15.0. The smallest absolute Gasteiger partial charge is 0.293 e. The Balaban J connectivity index is 1.40. The summed E-state index contributed by atoms with van der Waals surface area (Å²) in [6, 6.07) is 18.6. The van der Waals surface area contributed by atoms with E-state index in [0.717, 1.165) is 27.8 Å². The van der Waals surface area contributed by atoms with Crippen LogP contribution < -0.4 is 10.6 Å². The van der Waals surface area contributed by atoms with Crippen molar-refractivity contribution in [3.05, 3.63) is 82.8 Å². The van der Waals surface area contributed by atoms with Crippen LogP contribution in [0.15, 0.2) is 71.6 Å². The van der Waals surface area contributed by atoms with E-state index in [1.807, 2.05) is 60.7 Å². The highest BCUT2D eigenvalue weighted by Gasteiger charge is 2.34. The minimum Gasteiger partial charge on any atom is -0.353 e. The summed E-state index contributed by atoms with van der Waals surface area (Å²) >= 11 is 0.874. The van der Waals surface area contributed by atoms with Gasteiger partial charge in [0.15, 0.2) is 0 Å². The number of rotatable bonds is 8. The fourth-order valence-corrected chi connectivity index (χ4v) is 3.59. The second kappa shape index (κ2) is 10.9. The summed E-state index contributed by atoms with van der Waals surface area (Å²) in [4.78, 5) is 49.7. The van der Waals surface area contributed by atoms with Gasteiger partial charge in [0.2, 0.25) is 11.8 Å². The molecular formula is C23H21N3O4S. The third kappa shape index (κ3) is 6.68. The zero-order valence-electron chi connectivity index (χ0n) is 16.6. The molecule has 1 aliphatic rings. The highest BCUT2D eigenvalue weighted by Crippen LogP contribution is 2.31. The molecule has 8 heteroatoms. The second-order valence-corrected chi connectivity index (χ2v) is 7.55. The van der Waals surface area contributed by atoms with Gasteiger partial charge in [-0.1, -0.05) is 60.7 Å². The van der Waals surface area contributed by atoms with E-state index in [-0.39, 0.29) is 30.8 Å². The van der Waals surface area contributed by atoms with Gasteiger partial charge >= 0.3 is 0 Å². The second-order valence-electron chi connectivity index (χ2n) is 6.56. The fraction of sp³-hybridized carbons (Fsp3) is 0.130. The maximum Gasteiger partial charge on any atom is 0.293 e. The molecule has 1 heterocycles. The van der Waals surface area contributed by atoms with Gasteiger partial charge in [0.1, 0.15) is 0 Å². The molecule has 0 bridgehead atoms. The molecule has 0 saturated carbocycles. The van der Waals surface area contributed by atoms with E-state index in [2.05, 4.69) is 10.6 Å². The summed E-state index contributed by atoms with van der Waals surface area (Å²) in [5.41, 5.74) is 1.71. The Morgan fingerprint density at radius 3 is 2.23 bits per heavy atom. The van der Waals surface area contributed by atoms with Crippen molar-refractivity contribution in [2.45, 2.75) is 0 Å². The maximum absolute atomic E-state index is 12.4. The van der Waals surface area contributed by atoms with E-state index in [1.165, 1.54) is 6.08 Å². The van der Waals surface area contributed by atoms with Crippen LogP contribution in [0.3, 0.4) is 0 Å². The number of benzene rings is 2. The molecule has 0 aromatic heterocycles. The molecule has 7 nitrogen and oxygen atoms in total. The molecule has 2 N–H and O–H groups in total. The summed E-state index contributed by atoms with van der Waals surface area (Å²) in [5, 5.41) is 4.70. The van der Waals surface area contributed by atoms with Crippen LogP contribution in [-0.4, -0.2) is 47.5 Å². The summed E-state index contributed by atoms with van der Waals surface area (Å²) in [6.07, 6.45) is 4.67. The van der Waals surface area contributed by atoms with Crippen molar-refractivity contribution in [3.63, 3.8) is 0 Å². The van der Waals surface area contributed by atoms with E-state index in [0.29, 0.717) is 4.91 Å². The lowest BCUT2D eigenvalue weighted by Crippen LogP contribution is -2.41. The van der Waals surface area contributed by atoms with Gasteiger partial charge in [-0.15, -0.1) is 0 Å². The Bertz CT molecular complexity index is 1020. The van der Waals surface area contributed by atoms with Crippen LogP contribution in [0, 0.1) is 0 Å². The van der Waals surface area contributed by atoms with Crippen LogP contribution in [0.25, 0.3) is 12.2 Å². The summed E-state index contributed by atoms with van der Waals surface area (Å²) in [7, 11) is 0. The van der Waals surface area contributed by atoms with Gasteiger partial charge in [0, 0.05) is 19.2 Å². The zero-order chi connectivity index (χ0) is 22.1. The first kappa shape index (κ1) is 22.0. The van der Waals surface area contributed by atoms with E-state index in [1.54, 1.807) is 12.2 Å². The Kier molecular flexibility index (Phi) is 7.78. The fourth-order valence-electron chi connectivity index (χ4n) is 2.73. The molecule has 1 saturated heterocycles.